The van der Waals surface area contributed by atoms with Crippen molar-refractivity contribution >= 4 is 5.84 Å². The standard InChI is InChI=1S/C13H20N4/c1-10-6-11(8-16-7-10)9-17(12-2-3-12)5-4-13(14)15/h6-8,12H,2-5,9H2,1H3,(H3,14,15). The lowest BCUT2D eigenvalue weighted by Crippen LogP contribution is -2.29. The third-order valence-corrected chi connectivity index (χ3v) is 3.05. The summed E-state index contributed by atoms with van der Waals surface area (Å²) >= 11 is 0. The van der Waals surface area contributed by atoms with Crippen LogP contribution in [0.5, 0.6) is 0 Å². The summed E-state index contributed by atoms with van der Waals surface area (Å²) in [5.41, 5.74) is 7.87. The number of rotatable bonds is 6. The molecule has 1 aliphatic rings. The van der Waals surface area contributed by atoms with Crippen LogP contribution in [-0.2, 0) is 6.54 Å². The van der Waals surface area contributed by atoms with Crippen LogP contribution < -0.4 is 5.73 Å². The first-order chi connectivity index (χ1) is 8.15. The summed E-state index contributed by atoms with van der Waals surface area (Å²) in [4.78, 5) is 6.63. The highest BCUT2D eigenvalue weighted by molar-refractivity contribution is 5.76. The molecule has 0 aromatic carbocycles. The zero-order valence-corrected chi connectivity index (χ0v) is 10.3. The molecule has 1 aliphatic carbocycles. The number of nitrogens with zero attached hydrogens (tertiary/aromatic N) is 2. The van der Waals surface area contributed by atoms with Crippen molar-refractivity contribution in [2.45, 2.75) is 38.8 Å². The Hall–Kier alpha value is -1.42. The number of aryl methyl sites for hydroxylation is 1. The number of aromatic nitrogens is 1. The highest BCUT2D eigenvalue weighted by Crippen LogP contribution is 2.28. The van der Waals surface area contributed by atoms with Gasteiger partial charge in [-0.3, -0.25) is 15.3 Å². The van der Waals surface area contributed by atoms with Gasteiger partial charge >= 0.3 is 0 Å². The molecule has 1 aromatic heterocycles. The van der Waals surface area contributed by atoms with Gasteiger partial charge in [0.15, 0.2) is 0 Å². The molecule has 1 saturated carbocycles. The van der Waals surface area contributed by atoms with Crippen LogP contribution in [0.4, 0.5) is 0 Å². The van der Waals surface area contributed by atoms with E-state index in [9.17, 15) is 0 Å². The molecule has 0 aliphatic heterocycles. The van der Waals surface area contributed by atoms with Crippen LogP contribution in [-0.4, -0.2) is 28.3 Å². The second-order valence-electron chi connectivity index (χ2n) is 4.85. The molecule has 4 heteroatoms. The van der Waals surface area contributed by atoms with E-state index in [2.05, 4.69) is 22.9 Å². The molecule has 3 N–H and O–H groups in total. The predicted octanol–water partition coefficient (Wildman–Crippen LogP) is 1.68. The van der Waals surface area contributed by atoms with Gasteiger partial charge in [-0.05, 0) is 30.9 Å². The lowest BCUT2D eigenvalue weighted by atomic mass is 10.2. The van der Waals surface area contributed by atoms with E-state index < -0.39 is 0 Å². The molecule has 0 saturated heterocycles. The van der Waals surface area contributed by atoms with Gasteiger partial charge < -0.3 is 5.73 Å². The Morgan fingerprint density at radius 1 is 1.53 bits per heavy atom. The average Bonchev–Trinajstić information content (AvgIpc) is 3.07. The summed E-state index contributed by atoms with van der Waals surface area (Å²) in [6.07, 6.45) is 7.01. The average molecular weight is 232 g/mol. The Bertz CT molecular complexity index is 398. The van der Waals surface area contributed by atoms with Crippen LogP contribution in [0.15, 0.2) is 18.5 Å². The normalized spacial score (nSPS) is 15.2. The fourth-order valence-corrected chi connectivity index (χ4v) is 2.03. The predicted molar refractivity (Wildman–Crippen MR) is 68.9 cm³/mol. The van der Waals surface area contributed by atoms with Gasteiger partial charge in [-0.2, -0.15) is 0 Å². The Morgan fingerprint density at radius 2 is 2.29 bits per heavy atom. The summed E-state index contributed by atoms with van der Waals surface area (Å²) in [7, 11) is 0. The maximum absolute atomic E-state index is 7.30. The molecule has 1 aromatic rings. The van der Waals surface area contributed by atoms with Crippen LogP contribution in [0.25, 0.3) is 0 Å². The van der Waals surface area contributed by atoms with E-state index in [1.54, 1.807) is 0 Å². The molecule has 2 rings (SSSR count). The molecular weight excluding hydrogens is 212 g/mol. The Morgan fingerprint density at radius 3 is 2.88 bits per heavy atom. The fraction of sp³-hybridized carbons (Fsp3) is 0.538. The molecular formula is C13H20N4. The van der Waals surface area contributed by atoms with Crippen molar-refractivity contribution in [1.29, 1.82) is 5.41 Å². The molecule has 0 bridgehead atoms. The van der Waals surface area contributed by atoms with E-state index >= 15 is 0 Å². The van der Waals surface area contributed by atoms with Crippen molar-refractivity contribution < 1.29 is 0 Å². The van der Waals surface area contributed by atoms with E-state index in [1.165, 1.54) is 24.0 Å². The molecule has 0 amide bonds. The summed E-state index contributed by atoms with van der Waals surface area (Å²) in [6, 6.07) is 2.87. The zero-order chi connectivity index (χ0) is 12.3. The van der Waals surface area contributed by atoms with Gasteiger partial charge in [0.05, 0.1) is 5.84 Å². The van der Waals surface area contributed by atoms with Crippen LogP contribution in [0.1, 0.15) is 30.4 Å². The van der Waals surface area contributed by atoms with E-state index in [0.717, 1.165) is 13.1 Å². The Kier molecular flexibility index (Phi) is 3.74. The summed E-state index contributed by atoms with van der Waals surface area (Å²) in [5, 5.41) is 7.30. The van der Waals surface area contributed by atoms with Gasteiger partial charge in [-0.15, -0.1) is 0 Å². The SMILES string of the molecule is Cc1cncc(CN(CCC(=N)N)C2CC2)c1. The van der Waals surface area contributed by atoms with E-state index in [0.29, 0.717) is 12.5 Å². The molecule has 4 nitrogen and oxygen atoms in total. The van der Waals surface area contributed by atoms with Crippen LogP contribution in [0.2, 0.25) is 0 Å². The molecule has 1 heterocycles. The van der Waals surface area contributed by atoms with Crippen molar-refractivity contribution in [2.75, 3.05) is 6.54 Å². The van der Waals surface area contributed by atoms with E-state index in [1.807, 2.05) is 12.4 Å². The lowest BCUT2D eigenvalue weighted by molar-refractivity contribution is 0.262. The van der Waals surface area contributed by atoms with Crippen molar-refractivity contribution in [1.82, 2.24) is 9.88 Å². The van der Waals surface area contributed by atoms with Crippen molar-refractivity contribution in [3.63, 3.8) is 0 Å². The minimum atomic E-state index is 0.276. The lowest BCUT2D eigenvalue weighted by Gasteiger charge is -2.21. The minimum Gasteiger partial charge on any atom is -0.388 e. The smallest absolute Gasteiger partial charge is 0.0918 e. The molecule has 0 atom stereocenters. The fourth-order valence-electron chi connectivity index (χ4n) is 2.03. The second-order valence-corrected chi connectivity index (χ2v) is 4.85. The first-order valence-corrected chi connectivity index (χ1v) is 6.12. The topological polar surface area (TPSA) is 66.0 Å². The quantitative estimate of drug-likeness (QED) is 0.579. The number of amidine groups is 1. The zero-order valence-electron chi connectivity index (χ0n) is 10.3. The third-order valence-electron chi connectivity index (χ3n) is 3.05. The highest BCUT2D eigenvalue weighted by atomic mass is 15.2. The number of hydrogen-bond donors (Lipinski definition) is 2. The number of pyridine rings is 1. The van der Waals surface area contributed by atoms with Gasteiger partial charge in [0.1, 0.15) is 0 Å². The van der Waals surface area contributed by atoms with Gasteiger partial charge in [0, 0.05) is 37.9 Å². The van der Waals surface area contributed by atoms with Crippen LogP contribution in [0, 0.1) is 12.3 Å². The maximum Gasteiger partial charge on any atom is 0.0918 e. The first-order valence-electron chi connectivity index (χ1n) is 6.12. The van der Waals surface area contributed by atoms with Gasteiger partial charge in [-0.1, -0.05) is 6.07 Å². The summed E-state index contributed by atoms with van der Waals surface area (Å²) in [5.74, 6) is 0.276. The Balaban J connectivity index is 1.95. The van der Waals surface area contributed by atoms with E-state index in [-0.39, 0.29) is 5.84 Å². The van der Waals surface area contributed by atoms with Gasteiger partial charge in [0.25, 0.3) is 0 Å². The third kappa shape index (κ3) is 3.82. The Labute approximate surface area is 102 Å². The molecule has 17 heavy (non-hydrogen) atoms. The molecule has 0 spiro atoms. The molecule has 1 fully saturated rings. The maximum atomic E-state index is 7.30. The number of hydrogen-bond acceptors (Lipinski definition) is 3. The number of nitrogens with two attached hydrogens (primary N) is 1. The van der Waals surface area contributed by atoms with Crippen molar-refractivity contribution in [2.24, 2.45) is 5.73 Å². The van der Waals surface area contributed by atoms with Crippen molar-refractivity contribution in [3.8, 4) is 0 Å². The molecule has 0 unspecified atom stereocenters. The first kappa shape index (κ1) is 12.0. The largest absolute Gasteiger partial charge is 0.388 e. The highest BCUT2D eigenvalue weighted by Gasteiger charge is 2.28. The molecule has 92 valence electrons. The monoisotopic (exact) mass is 232 g/mol. The van der Waals surface area contributed by atoms with Crippen LogP contribution >= 0.6 is 0 Å². The number of nitrogens with one attached hydrogen (secondary N) is 1. The second kappa shape index (κ2) is 5.27. The summed E-state index contributed by atoms with van der Waals surface area (Å²) < 4.78 is 0. The molecule has 0 radical (unpaired) electrons. The van der Waals surface area contributed by atoms with Gasteiger partial charge in [0.2, 0.25) is 0 Å². The van der Waals surface area contributed by atoms with E-state index in [4.69, 9.17) is 11.1 Å². The minimum absolute atomic E-state index is 0.276. The van der Waals surface area contributed by atoms with Crippen LogP contribution in [0.3, 0.4) is 0 Å². The van der Waals surface area contributed by atoms with Gasteiger partial charge in [-0.25, -0.2) is 0 Å². The van der Waals surface area contributed by atoms with Crippen molar-refractivity contribution in [3.05, 3.63) is 29.6 Å². The summed E-state index contributed by atoms with van der Waals surface area (Å²) in [6.45, 7) is 3.87.